The van der Waals surface area contributed by atoms with Crippen molar-refractivity contribution in [2.75, 3.05) is 13.2 Å². The molecule has 1 saturated heterocycles. The van der Waals surface area contributed by atoms with Gasteiger partial charge >= 0.3 is 0 Å². The van der Waals surface area contributed by atoms with E-state index >= 15 is 0 Å². The zero-order valence-corrected chi connectivity index (χ0v) is 46.8. The van der Waals surface area contributed by atoms with Gasteiger partial charge in [0, 0.05) is 6.42 Å². The summed E-state index contributed by atoms with van der Waals surface area (Å²) in [5.41, 5.74) is 0. The van der Waals surface area contributed by atoms with E-state index in [0.717, 1.165) is 38.5 Å². The Morgan fingerprint density at radius 3 is 1.18 bits per heavy atom. The molecule has 0 radical (unpaired) electrons. The van der Waals surface area contributed by atoms with Crippen molar-refractivity contribution in [3.63, 3.8) is 0 Å². The number of amides is 1. The third-order valence-electron chi connectivity index (χ3n) is 15.0. The van der Waals surface area contributed by atoms with E-state index in [1.54, 1.807) is 6.08 Å². The van der Waals surface area contributed by atoms with Crippen LogP contribution in [0.3, 0.4) is 0 Å². The Morgan fingerprint density at radius 1 is 0.465 bits per heavy atom. The van der Waals surface area contributed by atoms with Crippen LogP contribution in [0.1, 0.15) is 309 Å². The average molecular weight is 1010 g/mol. The Hall–Kier alpha value is -1.33. The monoisotopic (exact) mass is 1010 g/mol. The van der Waals surface area contributed by atoms with Crippen LogP contribution in [0.2, 0.25) is 0 Å². The number of hydrogen-bond donors (Lipinski definition) is 6. The summed E-state index contributed by atoms with van der Waals surface area (Å²) in [6.45, 7) is 3.81. The number of ether oxygens (including phenoxy) is 2. The van der Waals surface area contributed by atoms with Gasteiger partial charge in [0.15, 0.2) is 6.29 Å². The largest absolute Gasteiger partial charge is 0.394 e. The number of aliphatic hydroxyl groups excluding tert-OH is 5. The first-order valence-electron chi connectivity index (χ1n) is 31.1. The van der Waals surface area contributed by atoms with Crippen LogP contribution in [0.5, 0.6) is 0 Å². The molecule has 9 heteroatoms. The highest BCUT2D eigenvalue weighted by Crippen LogP contribution is 2.23. The van der Waals surface area contributed by atoms with Gasteiger partial charge in [-0.3, -0.25) is 4.79 Å². The average Bonchev–Trinajstić information content (AvgIpc) is 3.37. The summed E-state index contributed by atoms with van der Waals surface area (Å²) in [5.74, 6) is -0.181. The van der Waals surface area contributed by atoms with Gasteiger partial charge < -0.3 is 40.3 Å². The number of hydrogen-bond acceptors (Lipinski definition) is 8. The number of aliphatic hydroxyl groups is 5. The van der Waals surface area contributed by atoms with Crippen molar-refractivity contribution >= 4 is 5.91 Å². The topological polar surface area (TPSA) is 149 Å². The van der Waals surface area contributed by atoms with Gasteiger partial charge in [-0.25, -0.2) is 0 Å². The summed E-state index contributed by atoms with van der Waals surface area (Å²) in [4.78, 5) is 13.1. The molecule has 0 aromatic heterocycles. The number of carbonyl (C=O) groups excluding carboxylic acids is 1. The predicted octanol–water partition coefficient (Wildman–Crippen LogP) is 15.7. The van der Waals surface area contributed by atoms with Crippen LogP contribution >= 0.6 is 0 Å². The molecule has 1 fully saturated rings. The molecule has 1 aliphatic heterocycles. The molecule has 71 heavy (non-hydrogen) atoms. The lowest BCUT2D eigenvalue weighted by atomic mass is 9.99. The molecule has 0 bridgehead atoms. The second kappa shape index (κ2) is 52.1. The highest BCUT2D eigenvalue weighted by atomic mass is 16.7. The van der Waals surface area contributed by atoms with Crippen LogP contribution in [-0.4, -0.2) is 87.5 Å². The number of carbonyl (C=O) groups is 1. The molecule has 0 spiro atoms. The van der Waals surface area contributed by atoms with E-state index in [4.69, 9.17) is 9.47 Å². The van der Waals surface area contributed by atoms with Gasteiger partial charge in [0.1, 0.15) is 24.4 Å². The molecule has 9 nitrogen and oxygen atoms in total. The number of nitrogens with one attached hydrogen (secondary N) is 1. The smallest absolute Gasteiger partial charge is 0.220 e. The molecule has 0 aromatic carbocycles. The van der Waals surface area contributed by atoms with E-state index in [1.807, 2.05) is 6.08 Å². The fraction of sp³-hybridized carbons (Fsp3) is 0.919. The zero-order chi connectivity index (χ0) is 51.5. The van der Waals surface area contributed by atoms with Crippen molar-refractivity contribution in [3.05, 3.63) is 24.3 Å². The van der Waals surface area contributed by atoms with Crippen molar-refractivity contribution < 1.29 is 39.8 Å². The maximum atomic E-state index is 13.1. The van der Waals surface area contributed by atoms with Crippen LogP contribution in [0.25, 0.3) is 0 Å². The molecule has 6 N–H and O–H groups in total. The van der Waals surface area contributed by atoms with Crippen LogP contribution in [-0.2, 0) is 14.3 Å². The van der Waals surface area contributed by atoms with Crippen molar-refractivity contribution in [2.45, 2.75) is 352 Å². The third-order valence-corrected chi connectivity index (χ3v) is 15.0. The Balaban J connectivity index is 2.18. The maximum absolute atomic E-state index is 13.1. The Bertz CT molecular complexity index is 1170. The molecule has 0 aromatic rings. The van der Waals surface area contributed by atoms with Gasteiger partial charge in [-0.05, 0) is 32.1 Å². The van der Waals surface area contributed by atoms with E-state index in [-0.39, 0.29) is 12.5 Å². The van der Waals surface area contributed by atoms with E-state index in [0.29, 0.717) is 6.42 Å². The lowest BCUT2D eigenvalue weighted by Gasteiger charge is -2.40. The fourth-order valence-corrected chi connectivity index (χ4v) is 10.1. The summed E-state index contributed by atoms with van der Waals surface area (Å²) in [6.07, 6.45) is 59.8. The molecule has 7 atom stereocenters. The minimum absolute atomic E-state index is 0.181. The molecular weight excluding hydrogens is 887 g/mol. The minimum atomic E-state index is -1.57. The molecule has 1 amide bonds. The Labute approximate surface area is 439 Å². The molecular formula is C62H119NO8. The second-order valence-electron chi connectivity index (χ2n) is 21.9. The van der Waals surface area contributed by atoms with Crippen LogP contribution < -0.4 is 5.32 Å². The van der Waals surface area contributed by atoms with Crippen molar-refractivity contribution in [1.29, 1.82) is 0 Å². The molecule has 1 heterocycles. The molecule has 7 unspecified atom stereocenters. The van der Waals surface area contributed by atoms with Gasteiger partial charge in [-0.2, -0.15) is 0 Å². The van der Waals surface area contributed by atoms with Gasteiger partial charge in [-0.15, -0.1) is 0 Å². The highest BCUT2D eigenvalue weighted by Gasteiger charge is 2.44. The lowest BCUT2D eigenvalue weighted by Crippen LogP contribution is -2.60. The van der Waals surface area contributed by atoms with Gasteiger partial charge in [0.05, 0.1) is 25.4 Å². The number of allylic oxidation sites excluding steroid dienone is 3. The normalized spacial score (nSPS) is 19.3. The summed E-state index contributed by atoms with van der Waals surface area (Å²) in [7, 11) is 0. The third kappa shape index (κ3) is 41.6. The fourth-order valence-electron chi connectivity index (χ4n) is 10.1. The van der Waals surface area contributed by atoms with Gasteiger partial charge in [0.2, 0.25) is 5.91 Å². The zero-order valence-electron chi connectivity index (χ0n) is 46.8. The summed E-state index contributed by atoms with van der Waals surface area (Å²) in [5, 5.41) is 54.5. The second-order valence-corrected chi connectivity index (χ2v) is 21.9. The molecule has 1 aliphatic rings. The number of unbranched alkanes of at least 4 members (excludes halogenated alkanes) is 42. The van der Waals surface area contributed by atoms with E-state index in [2.05, 4.69) is 31.3 Å². The first kappa shape index (κ1) is 67.7. The van der Waals surface area contributed by atoms with Gasteiger partial charge in [0.25, 0.3) is 0 Å². The van der Waals surface area contributed by atoms with E-state index < -0.39 is 49.5 Å². The van der Waals surface area contributed by atoms with Crippen LogP contribution in [0, 0.1) is 0 Å². The SMILES string of the molecule is CCCCCCCCCCCCCCCCCCCCCCCCCC/C=C/CC/C=C/C(O)C(COC1OC(CO)C(O)C(O)C1O)NC(=O)CCCCCCCCCCCCCCCCCCCC. The first-order valence-corrected chi connectivity index (χ1v) is 31.1. The van der Waals surface area contributed by atoms with E-state index in [9.17, 15) is 30.3 Å². The lowest BCUT2D eigenvalue weighted by molar-refractivity contribution is -0.302. The van der Waals surface area contributed by atoms with Crippen molar-refractivity contribution in [3.8, 4) is 0 Å². The maximum Gasteiger partial charge on any atom is 0.220 e. The Kier molecular flexibility index (Phi) is 49.7. The van der Waals surface area contributed by atoms with Crippen molar-refractivity contribution in [2.24, 2.45) is 0 Å². The summed E-state index contributed by atoms with van der Waals surface area (Å²) < 4.78 is 11.3. The molecule has 420 valence electrons. The Morgan fingerprint density at radius 2 is 0.803 bits per heavy atom. The quantitative estimate of drug-likeness (QED) is 0.0261. The first-order chi connectivity index (χ1) is 34.8. The van der Waals surface area contributed by atoms with Crippen molar-refractivity contribution in [1.82, 2.24) is 5.32 Å². The minimum Gasteiger partial charge on any atom is -0.394 e. The van der Waals surface area contributed by atoms with Gasteiger partial charge in [-0.1, -0.05) is 295 Å². The number of rotatable bonds is 54. The highest BCUT2D eigenvalue weighted by molar-refractivity contribution is 5.76. The summed E-state index contributed by atoms with van der Waals surface area (Å²) in [6, 6.07) is -0.819. The van der Waals surface area contributed by atoms with Crippen LogP contribution in [0.4, 0.5) is 0 Å². The molecule has 0 saturated carbocycles. The summed E-state index contributed by atoms with van der Waals surface area (Å²) >= 11 is 0. The van der Waals surface area contributed by atoms with E-state index in [1.165, 1.54) is 250 Å². The predicted molar refractivity (Wildman–Crippen MR) is 300 cm³/mol. The standard InChI is InChI=1S/C62H119NO8/c1-3-5-7-9-11-13-15-17-19-21-23-24-25-26-27-28-29-30-31-32-33-34-35-37-39-41-43-45-47-49-51-56(65)55(54-70-62-61(69)60(68)59(67)57(53-64)71-62)63-58(66)52-50-48-46-44-42-40-38-36-22-20-18-16-14-12-10-8-6-4-2/h41,43,49,51,55-57,59-62,64-65,67-69H,3-40,42,44-48,50,52-54H2,1-2H3,(H,63,66)/b43-41+,51-49+. The molecule has 0 aliphatic carbocycles. The van der Waals surface area contributed by atoms with Crippen LogP contribution in [0.15, 0.2) is 24.3 Å². The molecule has 1 rings (SSSR count).